The van der Waals surface area contributed by atoms with Crippen LogP contribution in [0.25, 0.3) is 0 Å². The number of rotatable bonds is 19. The maximum Gasteiger partial charge on any atom is 0.261 e. The molecule has 0 aliphatic carbocycles. The molecule has 2 aromatic rings. The van der Waals surface area contributed by atoms with Gasteiger partial charge in [-0.2, -0.15) is 0 Å². The third kappa shape index (κ3) is 12.8. The first kappa shape index (κ1) is 35.1. The number of benzene rings is 1. The summed E-state index contributed by atoms with van der Waals surface area (Å²) >= 11 is 0. The predicted molar refractivity (Wildman–Crippen MR) is 155 cm³/mol. The van der Waals surface area contributed by atoms with E-state index in [4.69, 9.17) is 4.74 Å². The van der Waals surface area contributed by atoms with Gasteiger partial charge in [-0.25, -0.2) is 4.57 Å². The molecule has 0 aliphatic heterocycles. The first-order chi connectivity index (χ1) is 18.5. The average molecular weight is 651 g/mol. The first-order valence-corrected chi connectivity index (χ1v) is 15.0. The van der Waals surface area contributed by atoms with Crippen molar-refractivity contribution in [3.05, 3.63) is 59.4 Å². The number of imide groups is 1. The van der Waals surface area contributed by atoms with Crippen molar-refractivity contribution >= 4 is 11.8 Å². The molecule has 6 heteroatoms. The fraction of sp³-hybridized carbons (Fsp3) is 0.606. The van der Waals surface area contributed by atoms with Gasteiger partial charge in [-0.05, 0) is 25.5 Å². The standard InChI is InChI=1S/C33H51N2O3.HI/c1-5-7-8-9-10-11-12-13-14-15-16-19-26-38-32-23-20-22-31(28(32)3)33(37)35(29(4)36)27-30-21-17-18-25-34(30)24-6-2;/h17-18,20-23,25H,5-16,19,24,26-27H2,1-4H3;1H/q+1;/p-1. The monoisotopic (exact) mass is 650 g/mol. The Morgan fingerprint density at radius 1 is 0.795 bits per heavy atom. The van der Waals surface area contributed by atoms with Crippen molar-refractivity contribution in [3.63, 3.8) is 0 Å². The van der Waals surface area contributed by atoms with Gasteiger partial charge >= 0.3 is 0 Å². The van der Waals surface area contributed by atoms with Crippen molar-refractivity contribution in [1.29, 1.82) is 0 Å². The number of pyridine rings is 1. The number of amides is 2. The van der Waals surface area contributed by atoms with E-state index in [0.29, 0.717) is 12.2 Å². The van der Waals surface area contributed by atoms with Crippen LogP contribution in [0.3, 0.4) is 0 Å². The van der Waals surface area contributed by atoms with Crippen LogP contribution in [0, 0.1) is 6.92 Å². The molecule has 0 bridgehead atoms. The lowest BCUT2D eigenvalue weighted by Gasteiger charge is -2.20. The molecule has 0 aliphatic rings. The normalized spacial score (nSPS) is 10.7. The second-order valence-electron chi connectivity index (χ2n) is 10.5. The van der Waals surface area contributed by atoms with Crippen LogP contribution in [-0.2, 0) is 17.9 Å². The molecule has 0 saturated heterocycles. The molecule has 1 aromatic heterocycles. The van der Waals surface area contributed by atoms with Gasteiger partial charge in [0.2, 0.25) is 11.6 Å². The Labute approximate surface area is 254 Å². The van der Waals surface area contributed by atoms with E-state index in [1.54, 1.807) is 6.07 Å². The molecule has 0 radical (unpaired) electrons. The van der Waals surface area contributed by atoms with Gasteiger partial charge < -0.3 is 28.7 Å². The number of aryl methyl sites for hydroxylation is 1. The zero-order valence-electron chi connectivity index (χ0n) is 24.9. The van der Waals surface area contributed by atoms with Crippen LogP contribution >= 0.6 is 0 Å². The Balaban J connectivity index is 0.00000760. The van der Waals surface area contributed by atoms with E-state index >= 15 is 0 Å². The van der Waals surface area contributed by atoms with Gasteiger partial charge in [0, 0.05) is 36.6 Å². The number of carbonyl (C=O) groups is 2. The lowest BCUT2D eigenvalue weighted by molar-refractivity contribution is -0.704. The van der Waals surface area contributed by atoms with E-state index in [1.807, 2.05) is 43.5 Å². The Bertz CT molecular complexity index is 979. The lowest BCUT2D eigenvalue weighted by Crippen LogP contribution is -3.00. The number of halogens is 1. The molecule has 39 heavy (non-hydrogen) atoms. The van der Waals surface area contributed by atoms with Crippen molar-refractivity contribution in [3.8, 4) is 5.75 Å². The molecule has 0 atom stereocenters. The molecule has 1 heterocycles. The highest BCUT2D eigenvalue weighted by atomic mass is 127. The highest BCUT2D eigenvalue weighted by molar-refractivity contribution is 6.05. The fourth-order valence-corrected chi connectivity index (χ4v) is 4.88. The van der Waals surface area contributed by atoms with Crippen LogP contribution < -0.4 is 33.3 Å². The van der Waals surface area contributed by atoms with E-state index in [1.165, 1.54) is 82.5 Å². The van der Waals surface area contributed by atoms with Gasteiger partial charge in [0.15, 0.2) is 6.20 Å². The van der Waals surface area contributed by atoms with Gasteiger partial charge in [-0.1, -0.05) is 96.6 Å². The third-order valence-electron chi connectivity index (χ3n) is 7.21. The number of hydrogen-bond acceptors (Lipinski definition) is 3. The number of ether oxygens (including phenoxy) is 1. The minimum absolute atomic E-state index is 0. The molecule has 2 amide bonds. The van der Waals surface area contributed by atoms with Crippen molar-refractivity contribution in [1.82, 2.24) is 4.90 Å². The highest BCUT2D eigenvalue weighted by Crippen LogP contribution is 2.24. The fourth-order valence-electron chi connectivity index (χ4n) is 4.88. The minimum Gasteiger partial charge on any atom is -1.00 e. The van der Waals surface area contributed by atoms with Crippen LogP contribution in [0.4, 0.5) is 0 Å². The third-order valence-corrected chi connectivity index (χ3v) is 7.21. The molecular weight excluding hydrogens is 599 g/mol. The summed E-state index contributed by atoms with van der Waals surface area (Å²) in [4.78, 5) is 27.3. The molecule has 5 nitrogen and oxygen atoms in total. The topological polar surface area (TPSA) is 50.5 Å². The zero-order chi connectivity index (χ0) is 27.6. The second kappa shape index (κ2) is 20.9. The van der Waals surface area contributed by atoms with Crippen molar-refractivity contribution in [2.24, 2.45) is 0 Å². The van der Waals surface area contributed by atoms with E-state index in [9.17, 15) is 9.59 Å². The average Bonchev–Trinajstić information content (AvgIpc) is 2.91. The molecule has 0 spiro atoms. The maximum absolute atomic E-state index is 13.5. The molecule has 0 saturated carbocycles. The van der Waals surface area contributed by atoms with Gasteiger partial charge in [-0.15, -0.1) is 0 Å². The van der Waals surface area contributed by atoms with Crippen LogP contribution in [-0.4, -0.2) is 23.3 Å². The van der Waals surface area contributed by atoms with Crippen molar-refractivity contribution in [2.45, 2.75) is 124 Å². The van der Waals surface area contributed by atoms with Gasteiger partial charge in [0.05, 0.1) is 6.61 Å². The molecular formula is C33H51IN2O3. The van der Waals surface area contributed by atoms with Crippen LogP contribution in [0.5, 0.6) is 5.75 Å². The number of aromatic nitrogens is 1. The molecule has 0 N–H and O–H groups in total. The molecule has 2 rings (SSSR count). The summed E-state index contributed by atoms with van der Waals surface area (Å²) in [7, 11) is 0. The molecule has 218 valence electrons. The van der Waals surface area contributed by atoms with Gasteiger partial charge in [0.25, 0.3) is 5.91 Å². The zero-order valence-corrected chi connectivity index (χ0v) is 27.0. The SMILES string of the molecule is CCCCCCCCCCCCCCOc1cccc(C(=O)N(Cc2cccc[n+]2CCC)C(C)=O)c1C.[I-]. The second-order valence-corrected chi connectivity index (χ2v) is 10.5. The van der Waals surface area contributed by atoms with Gasteiger partial charge in [-0.3, -0.25) is 14.5 Å². The van der Waals surface area contributed by atoms with Crippen molar-refractivity contribution in [2.75, 3.05) is 6.61 Å². The summed E-state index contributed by atoms with van der Waals surface area (Å²) in [5, 5.41) is 0. The van der Waals surface area contributed by atoms with Crippen LogP contribution in [0.15, 0.2) is 42.6 Å². The number of hydrogen-bond donors (Lipinski definition) is 0. The summed E-state index contributed by atoms with van der Waals surface area (Å²) in [6.45, 7) is 9.48. The first-order valence-electron chi connectivity index (χ1n) is 15.0. The molecule has 0 fully saturated rings. The van der Waals surface area contributed by atoms with Crippen LogP contribution in [0.2, 0.25) is 0 Å². The largest absolute Gasteiger partial charge is 1.00 e. The number of unbranched alkanes of at least 4 members (excludes halogenated alkanes) is 11. The number of carbonyl (C=O) groups excluding carboxylic acids is 2. The Kier molecular flexibility index (Phi) is 18.8. The van der Waals surface area contributed by atoms with E-state index in [-0.39, 0.29) is 42.3 Å². The quantitative estimate of drug-likeness (QED) is 0.123. The van der Waals surface area contributed by atoms with Gasteiger partial charge in [0.1, 0.15) is 18.8 Å². The van der Waals surface area contributed by atoms with Crippen molar-refractivity contribution < 1.29 is 42.9 Å². The Morgan fingerprint density at radius 2 is 1.41 bits per heavy atom. The van der Waals surface area contributed by atoms with E-state index < -0.39 is 0 Å². The van der Waals surface area contributed by atoms with E-state index in [0.717, 1.165) is 36.4 Å². The van der Waals surface area contributed by atoms with Crippen LogP contribution in [0.1, 0.15) is 126 Å². The smallest absolute Gasteiger partial charge is 0.261 e. The lowest BCUT2D eigenvalue weighted by atomic mass is 10.1. The molecule has 1 aromatic carbocycles. The summed E-state index contributed by atoms with van der Waals surface area (Å²) in [6, 6.07) is 11.4. The number of nitrogens with zero attached hydrogens (tertiary/aromatic N) is 2. The van der Waals surface area contributed by atoms with E-state index in [2.05, 4.69) is 18.4 Å². The Morgan fingerprint density at radius 3 is 2.00 bits per heavy atom. The Hall–Kier alpha value is -1.96. The maximum atomic E-state index is 13.5. The summed E-state index contributed by atoms with van der Waals surface area (Å²) in [6.07, 6.45) is 18.7. The summed E-state index contributed by atoms with van der Waals surface area (Å²) < 4.78 is 8.17. The highest BCUT2D eigenvalue weighted by Gasteiger charge is 2.25. The molecule has 0 unspecified atom stereocenters. The summed E-state index contributed by atoms with van der Waals surface area (Å²) in [5.41, 5.74) is 2.25. The minimum atomic E-state index is -0.280. The predicted octanol–water partition coefficient (Wildman–Crippen LogP) is 4.97. The summed E-state index contributed by atoms with van der Waals surface area (Å²) in [5.74, 6) is 0.185.